The van der Waals surface area contributed by atoms with E-state index in [4.69, 9.17) is 0 Å². The Morgan fingerprint density at radius 2 is 1.74 bits per heavy atom. The van der Waals surface area contributed by atoms with Gasteiger partial charge in [0.25, 0.3) is 0 Å². The summed E-state index contributed by atoms with van der Waals surface area (Å²) in [6.45, 7) is 7.04. The van der Waals surface area contributed by atoms with Gasteiger partial charge >= 0.3 is 0 Å². The Bertz CT molecular complexity index is 553. The van der Waals surface area contributed by atoms with Crippen LogP contribution in [0.5, 0.6) is 0 Å². The van der Waals surface area contributed by atoms with Gasteiger partial charge in [-0.05, 0) is 33.4 Å². The highest BCUT2D eigenvalue weighted by atomic mass is 14.9. The minimum atomic E-state index is 0.795. The predicted molar refractivity (Wildman–Crippen MR) is 78.3 cm³/mol. The molecule has 1 N–H and O–H groups in total. The van der Waals surface area contributed by atoms with E-state index in [9.17, 15) is 0 Å². The fourth-order valence-electron chi connectivity index (χ4n) is 2.33. The van der Waals surface area contributed by atoms with Crippen LogP contribution in [0, 0.1) is 20.8 Å². The van der Waals surface area contributed by atoms with Crippen molar-refractivity contribution < 1.29 is 0 Å². The molecule has 1 heterocycles. The first-order valence-corrected chi connectivity index (χ1v) is 6.63. The second-order valence-corrected chi connectivity index (χ2v) is 4.99. The second-order valence-electron chi connectivity index (χ2n) is 4.99. The number of aromatic nitrogens is 2. The third kappa shape index (κ3) is 3.38. The lowest BCUT2D eigenvalue weighted by atomic mass is 10.1. The van der Waals surface area contributed by atoms with Crippen LogP contribution in [0.15, 0.2) is 24.3 Å². The predicted octanol–water partition coefficient (Wildman–Crippen LogP) is 2.71. The van der Waals surface area contributed by atoms with E-state index in [0.29, 0.717) is 0 Å². The number of aryl methyl sites for hydroxylation is 3. The fourth-order valence-corrected chi connectivity index (χ4v) is 2.33. The summed E-state index contributed by atoms with van der Waals surface area (Å²) in [5, 5.41) is 3.16. The minimum absolute atomic E-state index is 0.795. The van der Waals surface area contributed by atoms with Crippen LogP contribution in [0.4, 0.5) is 0 Å². The van der Waals surface area contributed by atoms with Gasteiger partial charge in [0.05, 0.1) is 0 Å². The van der Waals surface area contributed by atoms with Crippen molar-refractivity contribution in [3.05, 3.63) is 58.2 Å². The Hall–Kier alpha value is -1.74. The van der Waals surface area contributed by atoms with Gasteiger partial charge in [-0.15, -0.1) is 0 Å². The summed E-state index contributed by atoms with van der Waals surface area (Å²) in [5.74, 6) is 0.903. The third-order valence-electron chi connectivity index (χ3n) is 3.27. The number of nitrogens with zero attached hydrogens (tertiary/aromatic N) is 2. The molecule has 2 rings (SSSR count). The highest BCUT2D eigenvalue weighted by Crippen LogP contribution is 2.13. The normalized spacial score (nSPS) is 10.7. The molecule has 3 heteroatoms. The van der Waals surface area contributed by atoms with E-state index in [-0.39, 0.29) is 0 Å². The molecule has 0 fully saturated rings. The third-order valence-corrected chi connectivity index (χ3v) is 3.27. The summed E-state index contributed by atoms with van der Waals surface area (Å²) in [5.41, 5.74) is 5.89. The van der Waals surface area contributed by atoms with E-state index in [0.717, 1.165) is 30.2 Å². The average molecular weight is 255 g/mol. The SMILES string of the molecule is CNCc1c(C)nc(Cc2cccc(C)c2)nc1C. The molecule has 0 aliphatic rings. The Balaban J connectivity index is 2.27. The van der Waals surface area contributed by atoms with E-state index in [2.05, 4.69) is 60.3 Å². The quantitative estimate of drug-likeness (QED) is 0.913. The van der Waals surface area contributed by atoms with Crippen molar-refractivity contribution >= 4 is 0 Å². The van der Waals surface area contributed by atoms with E-state index < -0.39 is 0 Å². The maximum atomic E-state index is 4.63. The zero-order valence-electron chi connectivity index (χ0n) is 12.1. The molecule has 0 spiro atoms. The molecule has 0 radical (unpaired) electrons. The fraction of sp³-hybridized carbons (Fsp3) is 0.375. The molecule has 0 bridgehead atoms. The first kappa shape index (κ1) is 13.7. The summed E-state index contributed by atoms with van der Waals surface area (Å²) in [7, 11) is 1.94. The first-order valence-electron chi connectivity index (χ1n) is 6.63. The van der Waals surface area contributed by atoms with E-state index in [1.165, 1.54) is 16.7 Å². The average Bonchev–Trinajstić information content (AvgIpc) is 2.34. The van der Waals surface area contributed by atoms with Gasteiger partial charge in [-0.25, -0.2) is 9.97 Å². The molecular weight excluding hydrogens is 234 g/mol. The molecule has 2 aromatic rings. The van der Waals surface area contributed by atoms with Gasteiger partial charge < -0.3 is 5.32 Å². The summed E-state index contributed by atoms with van der Waals surface area (Å²) in [6.07, 6.45) is 0.795. The maximum absolute atomic E-state index is 4.63. The highest BCUT2D eigenvalue weighted by molar-refractivity contribution is 5.28. The largest absolute Gasteiger partial charge is 0.316 e. The molecule has 0 aliphatic heterocycles. The smallest absolute Gasteiger partial charge is 0.133 e. The number of nitrogens with one attached hydrogen (secondary N) is 1. The number of hydrogen-bond acceptors (Lipinski definition) is 3. The summed E-state index contributed by atoms with van der Waals surface area (Å²) < 4.78 is 0. The zero-order chi connectivity index (χ0) is 13.8. The number of benzene rings is 1. The highest BCUT2D eigenvalue weighted by Gasteiger charge is 2.08. The Morgan fingerprint density at radius 1 is 1.05 bits per heavy atom. The van der Waals surface area contributed by atoms with Crippen LogP contribution in [0.3, 0.4) is 0 Å². The molecule has 19 heavy (non-hydrogen) atoms. The molecule has 0 unspecified atom stereocenters. The molecular formula is C16H21N3. The maximum Gasteiger partial charge on any atom is 0.133 e. The first-order chi connectivity index (χ1) is 9.10. The lowest BCUT2D eigenvalue weighted by Crippen LogP contribution is -2.12. The van der Waals surface area contributed by atoms with Crippen LogP contribution in [-0.4, -0.2) is 17.0 Å². The van der Waals surface area contributed by atoms with Crippen molar-refractivity contribution in [1.82, 2.24) is 15.3 Å². The Morgan fingerprint density at radius 3 is 2.32 bits per heavy atom. The van der Waals surface area contributed by atoms with Gasteiger partial charge in [-0.3, -0.25) is 0 Å². The van der Waals surface area contributed by atoms with Crippen molar-refractivity contribution in [2.75, 3.05) is 7.05 Å². The number of rotatable bonds is 4. The van der Waals surface area contributed by atoms with Crippen molar-refractivity contribution in [1.29, 1.82) is 0 Å². The van der Waals surface area contributed by atoms with E-state index >= 15 is 0 Å². The van der Waals surface area contributed by atoms with E-state index in [1.807, 2.05) is 7.05 Å². The van der Waals surface area contributed by atoms with Crippen LogP contribution < -0.4 is 5.32 Å². The van der Waals surface area contributed by atoms with E-state index in [1.54, 1.807) is 0 Å². The molecule has 100 valence electrons. The molecule has 1 aromatic heterocycles. The topological polar surface area (TPSA) is 37.8 Å². The van der Waals surface area contributed by atoms with Crippen molar-refractivity contribution in [3.63, 3.8) is 0 Å². The summed E-state index contributed by atoms with van der Waals surface area (Å²) in [4.78, 5) is 9.25. The van der Waals surface area contributed by atoms with Crippen molar-refractivity contribution in [3.8, 4) is 0 Å². The van der Waals surface area contributed by atoms with Gasteiger partial charge in [-0.1, -0.05) is 29.8 Å². The van der Waals surface area contributed by atoms with Gasteiger partial charge in [0, 0.05) is 29.9 Å². The molecule has 0 atom stereocenters. The molecule has 3 nitrogen and oxygen atoms in total. The standard InChI is InChI=1S/C16H21N3/c1-11-6-5-7-14(8-11)9-16-18-12(2)15(10-17-4)13(3)19-16/h5-8,17H,9-10H2,1-4H3. The van der Waals surface area contributed by atoms with Crippen LogP contribution >= 0.6 is 0 Å². The Kier molecular flexibility index (Phi) is 4.27. The molecule has 0 saturated heterocycles. The van der Waals surface area contributed by atoms with Crippen molar-refractivity contribution in [2.24, 2.45) is 0 Å². The van der Waals surface area contributed by atoms with Crippen LogP contribution in [0.1, 0.15) is 33.9 Å². The summed E-state index contributed by atoms with van der Waals surface area (Å²) in [6, 6.07) is 8.51. The monoisotopic (exact) mass is 255 g/mol. The summed E-state index contributed by atoms with van der Waals surface area (Å²) >= 11 is 0. The lowest BCUT2D eigenvalue weighted by molar-refractivity contribution is 0.773. The van der Waals surface area contributed by atoms with Crippen LogP contribution in [0.2, 0.25) is 0 Å². The molecule has 1 aromatic carbocycles. The van der Waals surface area contributed by atoms with Crippen molar-refractivity contribution in [2.45, 2.75) is 33.7 Å². The lowest BCUT2D eigenvalue weighted by Gasteiger charge is -2.10. The van der Waals surface area contributed by atoms with Crippen LogP contribution in [0.25, 0.3) is 0 Å². The van der Waals surface area contributed by atoms with Gasteiger partial charge in [0.2, 0.25) is 0 Å². The zero-order valence-corrected chi connectivity index (χ0v) is 12.1. The Labute approximate surface area is 115 Å². The van der Waals surface area contributed by atoms with Crippen LogP contribution in [-0.2, 0) is 13.0 Å². The molecule has 0 saturated carbocycles. The minimum Gasteiger partial charge on any atom is -0.316 e. The molecule has 0 amide bonds. The second kappa shape index (κ2) is 5.93. The molecule has 0 aliphatic carbocycles. The number of hydrogen-bond donors (Lipinski definition) is 1. The van der Waals surface area contributed by atoms with Gasteiger partial charge in [0.1, 0.15) is 5.82 Å². The van der Waals surface area contributed by atoms with Gasteiger partial charge in [-0.2, -0.15) is 0 Å². The van der Waals surface area contributed by atoms with Gasteiger partial charge in [0.15, 0.2) is 0 Å².